The molecule has 0 bridgehead atoms. The van der Waals surface area contributed by atoms with Gasteiger partial charge in [-0.2, -0.15) is 0 Å². The maximum absolute atomic E-state index is 13.8. The molecule has 0 atom stereocenters. The van der Waals surface area contributed by atoms with Crippen molar-refractivity contribution < 1.29 is 13.5 Å². The molecule has 119 valence electrons. The van der Waals surface area contributed by atoms with Gasteiger partial charge in [0.25, 0.3) is 0 Å². The maximum atomic E-state index is 13.8. The Morgan fingerprint density at radius 3 is 2.82 bits per heavy atom. The fourth-order valence-corrected chi connectivity index (χ4v) is 1.96. The van der Waals surface area contributed by atoms with E-state index in [4.69, 9.17) is 9.15 Å². The van der Waals surface area contributed by atoms with Crippen molar-refractivity contribution in [2.45, 2.75) is 19.8 Å². The molecule has 1 aromatic heterocycles. The summed E-state index contributed by atoms with van der Waals surface area (Å²) in [7, 11) is 4.04. The van der Waals surface area contributed by atoms with Crippen LogP contribution in [0, 0.1) is 19.2 Å². The molecular weight excluding hydrogens is 285 g/mol. The van der Waals surface area contributed by atoms with Gasteiger partial charge in [-0.05, 0) is 44.3 Å². The highest BCUT2D eigenvalue weighted by atomic mass is 19.1. The van der Waals surface area contributed by atoms with E-state index in [1.165, 1.54) is 6.07 Å². The van der Waals surface area contributed by atoms with Gasteiger partial charge in [0.05, 0.1) is 6.61 Å². The average Bonchev–Trinajstić information content (AvgIpc) is 2.89. The van der Waals surface area contributed by atoms with Gasteiger partial charge in [0, 0.05) is 26.3 Å². The molecule has 1 aromatic carbocycles. The van der Waals surface area contributed by atoms with E-state index < -0.39 is 0 Å². The largest absolute Gasteiger partial charge is 0.494 e. The number of ether oxygens (including phenoxy) is 1. The molecule has 0 fully saturated rings. The zero-order valence-corrected chi connectivity index (χ0v) is 13.2. The molecule has 2 rings (SSSR count). The first kappa shape index (κ1) is 16.4. The van der Waals surface area contributed by atoms with Gasteiger partial charge in [-0.25, -0.2) is 4.39 Å². The third-order valence-corrected chi connectivity index (χ3v) is 3.05. The second-order valence-electron chi connectivity index (χ2n) is 5.31. The van der Waals surface area contributed by atoms with Crippen LogP contribution in [0.5, 0.6) is 5.75 Å². The van der Waals surface area contributed by atoms with Crippen molar-refractivity contribution in [3.05, 3.63) is 47.8 Å². The second-order valence-corrected chi connectivity index (χ2v) is 5.31. The van der Waals surface area contributed by atoms with Crippen molar-refractivity contribution >= 4 is 0 Å². The first-order chi connectivity index (χ1) is 10.5. The quantitative estimate of drug-likeness (QED) is 0.702. The summed E-state index contributed by atoms with van der Waals surface area (Å²) in [6.07, 6.45) is 3.03. The highest BCUT2D eigenvalue weighted by Gasteiger charge is 2.08. The van der Waals surface area contributed by atoms with Gasteiger partial charge in [-0.1, -0.05) is 0 Å². The van der Waals surface area contributed by atoms with E-state index in [-0.39, 0.29) is 5.82 Å². The minimum atomic E-state index is -0.295. The number of benzene rings is 1. The minimum absolute atomic E-state index is 0.295. The predicted molar refractivity (Wildman–Crippen MR) is 81.2 cm³/mol. The number of rotatable bonds is 8. The first-order valence-electron chi connectivity index (χ1n) is 7.24. The Morgan fingerprint density at radius 1 is 1.32 bits per heavy atom. The Bertz CT molecular complexity index is 599. The third kappa shape index (κ3) is 5.11. The molecule has 0 spiro atoms. The summed E-state index contributed by atoms with van der Waals surface area (Å²) in [6.45, 7) is 3.28. The van der Waals surface area contributed by atoms with Crippen LogP contribution in [-0.2, 0) is 6.42 Å². The van der Waals surface area contributed by atoms with Crippen LogP contribution < -0.4 is 4.74 Å². The Morgan fingerprint density at radius 2 is 2.14 bits per heavy atom. The molecule has 0 N–H and O–H groups in total. The van der Waals surface area contributed by atoms with Crippen molar-refractivity contribution in [1.29, 1.82) is 0 Å². The van der Waals surface area contributed by atoms with Crippen molar-refractivity contribution in [2.75, 3.05) is 27.2 Å². The summed E-state index contributed by atoms with van der Waals surface area (Å²) in [5.74, 6) is 1.33. The van der Waals surface area contributed by atoms with E-state index in [0.717, 1.165) is 13.0 Å². The number of hydrogen-bond donors (Lipinski definition) is 0. The van der Waals surface area contributed by atoms with Crippen LogP contribution in [0.1, 0.15) is 23.8 Å². The average molecular weight is 306 g/mol. The molecule has 5 nitrogen and oxygen atoms in total. The van der Waals surface area contributed by atoms with Gasteiger partial charge in [0.15, 0.2) is 0 Å². The topological polar surface area (TPSA) is 51.4 Å². The maximum Gasteiger partial charge on any atom is 0.217 e. The molecule has 0 amide bonds. The van der Waals surface area contributed by atoms with Gasteiger partial charge in [0.1, 0.15) is 11.6 Å². The lowest BCUT2D eigenvalue weighted by molar-refractivity contribution is 0.281. The molecule has 0 saturated carbocycles. The summed E-state index contributed by atoms with van der Waals surface area (Å²) < 4.78 is 24.7. The second kappa shape index (κ2) is 7.89. The highest BCUT2D eigenvalue weighted by Crippen LogP contribution is 2.20. The lowest BCUT2D eigenvalue weighted by Gasteiger charge is -2.11. The third-order valence-electron chi connectivity index (χ3n) is 3.05. The zero-order chi connectivity index (χ0) is 15.9. The van der Waals surface area contributed by atoms with Crippen LogP contribution in [0.25, 0.3) is 0 Å². The fourth-order valence-electron chi connectivity index (χ4n) is 1.96. The lowest BCUT2D eigenvalue weighted by atomic mass is 10.1. The Balaban J connectivity index is 1.89. The van der Waals surface area contributed by atoms with Crippen LogP contribution in [0.3, 0.4) is 0 Å². The fraction of sp³-hybridized carbons (Fsp3) is 0.438. The van der Waals surface area contributed by atoms with Crippen molar-refractivity contribution in [2.24, 2.45) is 0 Å². The van der Waals surface area contributed by atoms with E-state index in [0.29, 0.717) is 36.1 Å². The normalized spacial score (nSPS) is 11.1. The predicted octanol–water partition coefficient (Wildman–Crippen LogP) is 2.64. The summed E-state index contributed by atoms with van der Waals surface area (Å²) in [5, 5.41) is 7.63. The van der Waals surface area contributed by atoms with E-state index in [2.05, 4.69) is 15.1 Å². The molecule has 2 aromatic rings. The molecular formula is C16H21FN3O2. The van der Waals surface area contributed by atoms with Crippen LogP contribution in [-0.4, -0.2) is 42.3 Å². The number of nitrogens with zero attached hydrogens (tertiary/aromatic N) is 3. The molecule has 1 radical (unpaired) electrons. The summed E-state index contributed by atoms with van der Waals surface area (Å²) in [6, 6.07) is 4.74. The Hall–Kier alpha value is -1.95. The van der Waals surface area contributed by atoms with Gasteiger partial charge < -0.3 is 14.1 Å². The SMILES string of the molecule is Cc1nnc(C[CH]c2cc(OCCCN(C)C)ccc2F)o1. The molecule has 0 aliphatic rings. The summed E-state index contributed by atoms with van der Waals surface area (Å²) in [5.41, 5.74) is 0.473. The van der Waals surface area contributed by atoms with Gasteiger partial charge in [0.2, 0.25) is 11.8 Å². The number of halogens is 1. The van der Waals surface area contributed by atoms with Crippen LogP contribution in [0.4, 0.5) is 4.39 Å². The van der Waals surface area contributed by atoms with Crippen LogP contribution in [0.2, 0.25) is 0 Å². The molecule has 0 saturated heterocycles. The standard InChI is InChI=1S/C16H21FN3O2/c1-12-18-19-16(22-12)8-5-13-11-14(6-7-15(13)17)21-10-4-9-20(2)3/h5-7,11H,4,8-10H2,1-3H3. The smallest absolute Gasteiger partial charge is 0.217 e. The minimum Gasteiger partial charge on any atom is -0.494 e. The number of hydrogen-bond acceptors (Lipinski definition) is 5. The molecule has 22 heavy (non-hydrogen) atoms. The van der Waals surface area contributed by atoms with E-state index in [1.54, 1.807) is 25.5 Å². The first-order valence-corrected chi connectivity index (χ1v) is 7.24. The van der Waals surface area contributed by atoms with Gasteiger partial charge >= 0.3 is 0 Å². The van der Waals surface area contributed by atoms with Gasteiger partial charge in [-0.15, -0.1) is 10.2 Å². The molecule has 1 heterocycles. The molecule has 0 aliphatic carbocycles. The summed E-state index contributed by atoms with van der Waals surface area (Å²) >= 11 is 0. The number of aromatic nitrogens is 2. The van der Waals surface area contributed by atoms with E-state index in [1.807, 2.05) is 14.1 Å². The van der Waals surface area contributed by atoms with Crippen LogP contribution >= 0.6 is 0 Å². The zero-order valence-electron chi connectivity index (χ0n) is 13.2. The lowest BCUT2D eigenvalue weighted by Crippen LogP contribution is -2.15. The van der Waals surface area contributed by atoms with Crippen molar-refractivity contribution in [1.82, 2.24) is 15.1 Å². The van der Waals surface area contributed by atoms with Crippen molar-refractivity contribution in [3.63, 3.8) is 0 Å². The Labute approximate surface area is 130 Å². The van der Waals surface area contributed by atoms with Crippen molar-refractivity contribution in [3.8, 4) is 5.75 Å². The highest BCUT2D eigenvalue weighted by molar-refractivity contribution is 5.34. The molecule has 0 aliphatic heterocycles. The number of aryl methyl sites for hydroxylation is 1. The van der Waals surface area contributed by atoms with E-state index >= 15 is 0 Å². The molecule has 6 heteroatoms. The monoisotopic (exact) mass is 306 g/mol. The van der Waals surface area contributed by atoms with E-state index in [9.17, 15) is 4.39 Å². The van der Waals surface area contributed by atoms with Crippen LogP contribution in [0.15, 0.2) is 22.6 Å². The van der Waals surface area contributed by atoms with Gasteiger partial charge in [-0.3, -0.25) is 0 Å². The molecule has 0 unspecified atom stereocenters. The Kier molecular flexibility index (Phi) is 5.89. The summed E-state index contributed by atoms with van der Waals surface area (Å²) in [4.78, 5) is 2.10.